The minimum Gasteiger partial charge on any atom is -0.493 e. The van der Waals surface area contributed by atoms with E-state index in [2.05, 4.69) is 17.2 Å². The van der Waals surface area contributed by atoms with Crippen molar-refractivity contribution in [2.24, 2.45) is 10.7 Å². The monoisotopic (exact) mass is 279 g/mol. The Bertz CT molecular complexity index is 433. The number of nitrogens with two attached hydrogens (primary N) is 1. The number of hydrogen-bond donors (Lipinski definition) is 2. The summed E-state index contributed by atoms with van der Waals surface area (Å²) >= 11 is 0. The summed E-state index contributed by atoms with van der Waals surface area (Å²) in [6.45, 7) is 3.57. The third-order valence-corrected chi connectivity index (χ3v) is 2.97. The van der Waals surface area contributed by atoms with Crippen LogP contribution >= 0.6 is 0 Å². The lowest BCUT2D eigenvalue weighted by molar-refractivity contribution is 0.354. The Hall–Kier alpha value is -1.91. The number of aliphatic imine (C=N–C) groups is 1. The quantitative estimate of drug-likeness (QED) is 0.435. The van der Waals surface area contributed by atoms with Crippen molar-refractivity contribution >= 4 is 5.96 Å². The second-order valence-corrected chi connectivity index (χ2v) is 4.52. The maximum absolute atomic E-state index is 5.81. The van der Waals surface area contributed by atoms with Crippen molar-refractivity contribution < 1.29 is 9.47 Å². The molecule has 0 amide bonds. The highest BCUT2D eigenvalue weighted by atomic mass is 16.5. The molecule has 0 heterocycles. The average Bonchev–Trinajstić information content (AvgIpc) is 2.49. The molecule has 0 unspecified atom stereocenters. The molecule has 0 fully saturated rings. The molecule has 0 aliphatic heterocycles. The molecule has 5 heteroatoms. The topological polar surface area (TPSA) is 68.9 Å². The molecular formula is C15H25N3O2. The van der Waals surface area contributed by atoms with Crippen LogP contribution in [0.3, 0.4) is 0 Å². The van der Waals surface area contributed by atoms with E-state index in [1.807, 2.05) is 18.2 Å². The predicted molar refractivity (Wildman–Crippen MR) is 82.4 cm³/mol. The zero-order chi connectivity index (χ0) is 14.8. The van der Waals surface area contributed by atoms with Gasteiger partial charge in [0.15, 0.2) is 17.5 Å². The fraction of sp³-hybridized carbons (Fsp3) is 0.533. The molecule has 112 valence electrons. The number of unbranched alkanes of at least 4 members (excludes halogenated alkanes) is 2. The maximum Gasteiger partial charge on any atom is 0.188 e. The molecule has 0 bridgehead atoms. The molecule has 0 spiro atoms. The van der Waals surface area contributed by atoms with Gasteiger partial charge in [-0.2, -0.15) is 0 Å². The fourth-order valence-corrected chi connectivity index (χ4v) is 1.80. The second kappa shape index (κ2) is 9.07. The Labute approximate surface area is 121 Å². The van der Waals surface area contributed by atoms with Crippen LogP contribution in [0.25, 0.3) is 0 Å². The summed E-state index contributed by atoms with van der Waals surface area (Å²) in [6, 6.07) is 5.73. The zero-order valence-corrected chi connectivity index (χ0v) is 12.6. The van der Waals surface area contributed by atoms with Gasteiger partial charge in [-0.15, -0.1) is 0 Å². The first-order chi connectivity index (χ1) is 9.71. The second-order valence-electron chi connectivity index (χ2n) is 4.52. The highest BCUT2D eigenvalue weighted by Gasteiger charge is 2.04. The van der Waals surface area contributed by atoms with Crippen molar-refractivity contribution in [2.75, 3.05) is 20.8 Å². The number of nitrogens with zero attached hydrogens (tertiary/aromatic N) is 1. The summed E-state index contributed by atoms with van der Waals surface area (Å²) < 4.78 is 10.5. The Morgan fingerprint density at radius 1 is 1.20 bits per heavy atom. The van der Waals surface area contributed by atoms with Crippen LogP contribution in [0, 0.1) is 0 Å². The standard InChI is InChI=1S/C15H25N3O2/c1-4-5-6-9-17-15(16)18-11-12-7-8-13(19-2)14(10-12)20-3/h7-8,10H,4-6,9,11H2,1-3H3,(H3,16,17,18). The van der Waals surface area contributed by atoms with E-state index in [1.165, 1.54) is 12.8 Å². The molecular weight excluding hydrogens is 254 g/mol. The molecule has 1 aromatic rings. The first-order valence-electron chi connectivity index (χ1n) is 6.96. The lowest BCUT2D eigenvalue weighted by atomic mass is 10.2. The molecule has 1 rings (SSSR count). The molecule has 20 heavy (non-hydrogen) atoms. The van der Waals surface area contributed by atoms with E-state index in [9.17, 15) is 0 Å². The zero-order valence-electron chi connectivity index (χ0n) is 12.6. The SMILES string of the molecule is CCCCCNC(N)=NCc1ccc(OC)c(OC)c1. The predicted octanol–water partition coefficient (Wildman–Crippen LogP) is 2.30. The Balaban J connectivity index is 2.51. The van der Waals surface area contributed by atoms with Gasteiger partial charge in [0, 0.05) is 6.54 Å². The third-order valence-electron chi connectivity index (χ3n) is 2.97. The number of rotatable bonds is 8. The highest BCUT2D eigenvalue weighted by molar-refractivity contribution is 5.77. The normalized spacial score (nSPS) is 11.2. The van der Waals surface area contributed by atoms with Crippen molar-refractivity contribution in [3.05, 3.63) is 23.8 Å². The number of benzene rings is 1. The van der Waals surface area contributed by atoms with E-state index in [0.29, 0.717) is 24.0 Å². The molecule has 0 atom stereocenters. The minimum atomic E-state index is 0.482. The minimum absolute atomic E-state index is 0.482. The third kappa shape index (κ3) is 5.38. The van der Waals surface area contributed by atoms with Crippen LogP contribution in [-0.2, 0) is 6.54 Å². The summed E-state index contributed by atoms with van der Waals surface area (Å²) in [4.78, 5) is 4.31. The average molecular weight is 279 g/mol. The van der Waals surface area contributed by atoms with Crippen LogP contribution < -0.4 is 20.5 Å². The maximum atomic E-state index is 5.81. The number of hydrogen-bond acceptors (Lipinski definition) is 3. The van der Waals surface area contributed by atoms with Crippen molar-refractivity contribution in [3.63, 3.8) is 0 Å². The van der Waals surface area contributed by atoms with Crippen LogP contribution in [0.15, 0.2) is 23.2 Å². The smallest absolute Gasteiger partial charge is 0.188 e. The largest absolute Gasteiger partial charge is 0.493 e. The number of methoxy groups -OCH3 is 2. The molecule has 0 radical (unpaired) electrons. The fourth-order valence-electron chi connectivity index (χ4n) is 1.80. The summed E-state index contributed by atoms with van der Waals surface area (Å²) in [5.41, 5.74) is 6.84. The van der Waals surface area contributed by atoms with Gasteiger partial charge in [-0.05, 0) is 24.1 Å². The van der Waals surface area contributed by atoms with Crippen LogP contribution in [0.2, 0.25) is 0 Å². The van der Waals surface area contributed by atoms with Crippen molar-refractivity contribution in [1.82, 2.24) is 5.32 Å². The van der Waals surface area contributed by atoms with Gasteiger partial charge in [0.25, 0.3) is 0 Å². The Kier molecular flexibility index (Phi) is 7.32. The number of nitrogens with one attached hydrogen (secondary N) is 1. The van der Waals surface area contributed by atoms with Crippen LogP contribution in [0.5, 0.6) is 11.5 Å². The summed E-state index contributed by atoms with van der Waals surface area (Å²) in [5, 5.41) is 3.11. The molecule has 0 saturated heterocycles. The van der Waals surface area contributed by atoms with Crippen molar-refractivity contribution in [2.45, 2.75) is 32.7 Å². The van der Waals surface area contributed by atoms with Crippen LogP contribution in [-0.4, -0.2) is 26.7 Å². The van der Waals surface area contributed by atoms with Crippen LogP contribution in [0.4, 0.5) is 0 Å². The van der Waals surface area contributed by atoms with E-state index in [0.717, 1.165) is 18.5 Å². The van der Waals surface area contributed by atoms with Gasteiger partial charge >= 0.3 is 0 Å². The van der Waals surface area contributed by atoms with Crippen LogP contribution in [0.1, 0.15) is 31.7 Å². The first kappa shape index (κ1) is 16.1. The molecule has 5 nitrogen and oxygen atoms in total. The van der Waals surface area contributed by atoms with Gasteiger partial charge in [-0.1, -0.05) is 25.8 Å². The summed E-state index contributed by atoms with van der Waals surface area (Å²) in [6.07, 6.45) is 3.52. The molecule has 3 N–H and O–H groups in total. The van der Waals surface area contributed by atoms with Gasteiger partial charge in [-0.25, -0.2) is 4.99 Å². The Morgan fingerprint density at radius 3 is 2.60 bits per heavy atom. The van der Waals surface area contributed by atoms with Gasteiger partial charge in [0.05, 0.1) is 20.8 Å². The van der Waals surface area contributed by atoms with Gasteiger partial charge in [0.1, 0.15) is 0 Å². The van der Waals surface area contributed by atoms with Crippen molar-refractivity contribution in [3.8, 4) is 11.5 Å². The molecule has 0 aliphatic rings. The molecule has 0 aromatic heterocycles. The Morgan fingerprint density at radius 2 is 1.95 bits per heavy atom. The van der Waals surface area contributed by atoms with Gasteiger partial charge in [0.2, 0.25) is 0 Å². The number of guanidine groups is 1. The van der Waals surface area contributed by atoms with E-state index in [4.69, 9.17) is 15.2 Å². The van der Waals surface area contributed by atoms with E-state index < -0.39 is 0 Å². The summed E-state index contributed by atoms with van der Waals surface area (Å²) in [7, 11) is 3.24. The lowest BCUT2D eigenvalue weighted by Gasteiger charge is -2.09. The molecule has 0 saturated carbocycles. The first-order valence-corrected chi connectivity index (χ1v) is 6.96. The van der Waals surface area contributed by atoms with Gasteiger partial charge < -0.3 is 20.5 Å². The van der Waals surface area contributed by atoms with E-state index in [1.54, 1.807) is 14.2 Å². The molecule has 0 aliphatic carbocycles. The number of ether oxygens (including phenoxy) is 2. The van der Waals surface area contributed by atoms with Gasteiger partial charge in [-0.3, -0.25) is 0 Å². The highest BCUT2D eigenvalue weighted by Crippen LogP contribution is 2.27. The molecule has 1 aromatic carbocycles. The van der Waals surface area contributed by atoms with E-state index >= 15 is 0 Å². The van der Waals surface area contributed by atoms with Crippen molar-refractivity contribution in [1.29, 1.82) is 0 Å². The summed E-state index contributed by atoms with van der Waals surface area (Å²) in [5.74, 6) is 1.90. The lowest BCUT2D eigenvalue weighted by Crippen LogP contribution is -2.32. The van der Waals surface area contributed by atoms with E-state index in [-0.39, 0.29) is 0 Å².